The van der Waals surface area contributed by atoms with Gasteiger partial charge in [0.1, 0.15) is 12.2 Å². The number of fused-ring (bicyclic) bond motifs is 5. The third kappa shape index (κ3) is 40.5. The predicted molar refractivity (Wildman–Crippen MR) is 417 cm³/mol. The van der Waals surface area contributed by atoms with Crippen molar-refractivity contribution in [1.29, 1.82) is 5.26 Å². The number of ether oxygens (including phenoxy) is 8. The van der Waals surface area contributed by atoms with Gasteiger partial charge in [0.2, 0.25) is 12.6 Å². The Balaban J connectivity index is -0.000000131. The largest absolute Gasteiger partial charge is 1.00 e. The van der Waals surface area contributed by atoms with E-state index in [0.717, 1.165) is 0 Å². The number of carbonyl (C=O) groups is 8. The van der Waals surface area contributed by atoms with Gasteiger partial charge in [-0.2, -0.15) is 5.26 Å². The van der Waals surface area contributed by atoms with Crippen molar-refractivity contribution < 1.29 is 355 Å². The molecule has 0 spiro atoms. The van der Waals surface area contributed by atoms with E-state index in [2.05, 4.69) is 135 Å². The molecule has 8 rings (SSSR count). The summed E-state index contributed by atoms with van der Waals surface area (Å²) in [5, 5.41) is 10.7. The van der Waals surface area contributed by atoms with Crippen molar-refractivity contribution in [2.24, 2.45) is 0 Å². The van der Waals surface area contributed by atoms with Crippen LogP contribution in [-0.2, 0) is 76.3 Å². The minimum Gasteiger partial charge on any atom is -0.283 e. The van der Waals surface area contributed by atoms with E-state index in [1.54, 1.807) is 83.5 Å². The van der Waals surface area contributed by atoms with Crippen molar-refractivity contribution in [3.63, 3.8) is 0 Å². The molecule has 0 aromatic rings. The van der Waals surface area contributed by atoms with Gasteiger partial charge in [-0.1, -0.05) is 88.3 Å². The summed E-state index contributed by atoms with van der Waals surface area (Å²) >= 11 is 12.7. The van der Waals surface area contributed by atoms with Gasteiger partial charge in [0.25, 0.3) is 29.5 Å². The molecule has 0 bridgehead atoms. The molecule has 7 aliphatic heterocycles. The Morgan fingerprint density at radius 2 is 0.971 bits per heavy atom. The minimum absolute atomic E-state index is 0. The van der Waals surface area contributed by atoms with Gasteiger partial charge >= 0.3 is 63.9 Å². The van der Waals surface area contributed by atoms with Gasteiger partial charge in [-0.05, 0) is 103 Å². The van der Waals surface area contributed by atoms with Crippen LogP contribution in [0.3, 0.4) is 0 Å². The molecule has 7 heterocycles. The van der Waals surface area contributed by atoms with Crippen LogP contribution in [0.15, 0.2) is 180 Å². The molecule has 0 radical (unpaired) electrons. The van der Waals surface area contributed by atoms with Gasteiger partial charge in [0, 0.05) is 353 Å². The number of amides is 5. The number of carbonyl (C=O) groups excluding carboxylic acids is 8. The average molecular weight is 2350 g/mol. The molecule has 0 saturated heterocycles. The number of halogens is 7. The minimum atomic E-state index is -0.836. The molecule has 2 atom stereocenters. The number of allylic oxidation sites excluding steroid dienone is 12. The second-order valence-corrected chi connectivity index (χ2v) is 35.8. The zero-order valence-corrected chi connectivity index (χ0v) is 75.7. The predicted octanol–water partition coefficient (Wildman–Crippen LogP) is 7.82. The van der Waals surface area contributed by atoms with Crippen LogP contribution in [0.25, 0.3) is 0 Å². The summed E-state index contributed by atoms with van der Waals surface area (Å²) in [5.41, 5.74) is 5.82. The topological polar surface area (TPSA) is 259 Å². The standard InChI is InChI=1S/C22H28N2O6.C14H8N2O2.C11H9NO2.C10H18O4.C6H9BrO2.C3H3N.7Ar.BH4.I3.I2.HI/c1-7-15-19-20(22(26)23(15)13-17(27-9-3)28-10-4)16(8-2)24(21(19)25)14-18(29-11-5)30-12-6;17-13-11-9-5-1-3-7-15(9)14(18)12(11)10-6-2-4-8-16(10)13;1-3-6-5-8(13)10-7(4-2)12-11(14)9(6)10;1-7(2)13-9(11)5-6-10(12)14-8(3)4;1-3-8-6(5-7)9-4-2;1-2-3-4;;;;;;;;;1-3-2;1-2;/h3,7-8,17-18H,1-2,10-14H2,4-6H3;1-8H;3-4H,1-2,5H2,(H,12,14);7-8H,5-6H2,1-4H3;1,6H,4-5H2,2H3;2H,1H2;;;;;;;;1H4;;;1H/q;;;;;;;;;;;;;2*-1;;/p+1. The second-order valence-electron chi connectivity index (χ2n) is 18.9. The van der Waals surface area contributed by atoms with E-state index in [9.17, 15) is 38.4 Å². The maximum absolute atomic E-state index is 13.2. The summed E-state index contributed by atoms with van der Waals surface area (Å²) in [6.07, 6.45) is 34.0. The van der Waals surface area contributed by atoms with Gasteiger partial charge in [0.15, 0.2) is 12.1 Å². The van der Waals surface area contributed by atoms with Crippen molar-refractivity contribution in [2.45, 2.75) is 106 Å². The summed E-state index contributed by atoms with van der Waals surface area (Å²) in [4.78, 5) is 102. The number of ketones is 1. The fraction of sp³-hybridized carbons (Fsp3) is 0.348. The van der Waals surface area contributed by atoms with E-state index in [4.69, 9.17) is 56.0 Å². The Kier molecular flexibility index (Phi) is 87.8. The van der Waals surface area contributed by atoms with E-state index < -0.39 is 12.6 Å². The summed E-state index contributed by atoms with van der Waals surface area (Å²) in [5.74, 6) is -1.97. The molecule has 22 nitrogen and oxygen atoms in total. The van der Waals surface area contributed by atoms with E-state index in [-0.39, 0.29) is 407 Å². The number of alkyl halides is 1. The van der Waals surface area contributed by atoms with Crippen molar-refractivity contribution in [3.8, 4) is 31.1 Å². The number of Topliss-reactive ketones (excluding diaryl/α,β-unsaturated/α-hetero) is 1. The number of esters is 2. The molecule has 0 saturated carbocycles. The first-order chi connectivity index (χ1) is 45.0. The molecule has 0 aromatic carbocycles. The van der Waals surface area contributed by atoms with Gasteiger partial charge in [-0.3, -0.25) is 48.2 Å². The first-order valence-corrected chi connectivity index (χ1v) is 48.5. The maximum Gasteiger partial charge on any atom is 1.00 e. The molecule has 5 amide bonds. The van der Waals surface area contributed by atoms with Crippen molar-refractivity contribution >= 4 is 170 Å². The Morgan fingerprint density at radius 1 is 0.612 bits per heavy atom. The van der Waals surface area contributed by atoms with Crippen LogP contribution in [0.1, 0.15) is 76.1 Å². The van der Waals surface area contributed by atoms with Crippen LogP contribution < -0.4 is 18.6 Å². The molecule has 1 N–H and O–H groups in total. The van der Waals surface area contributed by atoms with Crippen LogP contribution in [0.5, 0.6) is 0 Å². The molecule has 8 aliphatic rings. The fourth-order valence-electron chi connectivity index (χ4n) is 9.01. The van der Waals surface area contributed by atoms with Gasteiger partial charge in [0.05, 0.1) is 111 Å². The summed E-state index contributed by atoms with van der Waals surface area (Å²) in [7, 11) is 0. The van der Waals surface area contributed by atoms with Crippen LogP contribution in [0, 0.1) is 301 Å². The van der Waals surface area contributed by atoms with Crippen LogP contribution in [-0.4, -0.2) is 151 Å². The zero-order valence-electron chi connectivity index (χ0n) is 57.1. The fourth-order valence-corrected chi connectivity index (χ4v) is 9.33. The van der Waals surface area contributed by atoms with Gasteiger partial charge < -0.3 is 53.0 Å². The van der Waals surface area contributed by atoms with Crippen molar-refractivity contribution in [3.05, 3.63) is 180 Å². The molecule has 37 heteroatoms. The molecular weight excluding hydrogens is 2260 g/mol. The Hall–Kier alpha value is 3.85. The average Bonchev–Trinajstić information content (AvgIpc) is 1.58. The molecule has 1 aliphatic carbocycles. The van der Waals surface area contributed by atoms with E-state index in [1.807, 2.05) is 39.0 Å². The number of hydrogen-bond acceptors (Lipinski definition) is 17. The monoisotopic (exact) mass is 2340 g/mol. The van der Waals surface area contributed by atoms with Crippen LogP contribution in [0.4, 0.5) is 0 Å². The quantitative estimate of drug-likeness (QED) is 0.0184. The summed E-state index contributed by atoms with van der Waals surface area (Å²) in [6.45, 7) is 34.2. The third-order valence-electron chi connectivity index (χ3n) is 12.3. The Bertz CT molecular complexity index is 3230. The molecule has 0 fully saturated rings. The van der Waals surface area contributed by atoms with Crippen LogP contribution in [0.2, 0.25) is 0 Å². The zero-order chi connectivity index (χ0) is 71.2. The number of nitriles is 1. The van der Waals surface area contributed by atoms with Crippen molar-refractivity contribution in [2.75, 3.05) is 44.8 Å². The van der Waals surface area contributed by atoms with E-state index in [0.29, 0.717) is 101 Å². The van der Waals surface area contributed by atoms with E-state index in [1.165, 1.54) is 43.9 Å². The molecule has 580 valence electrons. The maximum atomic E-state index is 13.2. The molecule has 2 unspecified atom stereocenters. The number of rotatable bonds is 24. The third-order valence-corrected chi connectivity index (χ3v) is 12.9. The summed E-state index contributed by atoms with van der Waals surface area (Å²) < 4.78 is 41.1. The normalized spacial score (nSPS) is 14.7. The van der Waals surface area contributed by atoms with E-state index >= 15 is 0 Å². The van der Waals surface area contributed by atoms with Gasteiger partial charge in [-0.25, -0.2) is 0 Å². The molecule has 103 heavy (non-hydrogen) atoms. The van der Waals surface area contributed by atoms with Gasteiger partial charge in [-0.15, -0.1) is 24.0 Å². The molecule has 0 aromatic heterocycles. The smallest absolute Gasteiger partial charge is 0.283 e. The first-order valence-electron chi connectivity index (χ1n) is 28.5. The molecular formula is C66H81Ar7BBrI6N6O16-. The first kappa shape index (κ1) is 125. The summed E-state index contributed by atoms with van der Waals surface area (Å²) in [6, 6.07) is 1.69. The SMILES string of the molecule is C#COC(CBr)OCC.C#COC(CN1C(=O)C2=C(C=C)N(CC(OCC)OCC)C(=O)C2=C1C=C)OCC.C=CC#N.C=CC1=C2C(=O)NC(C=C)=C2C(=O)C1.CC(C)OC(=O)CCC(=O)OC(C)C.I.II.I[I-]I.O=C1C2=C3C=CC=CN3C(=O)C2=C2C=CC=CN12.[Ar].[Ar].[Ar].[Ar].[Ar].[Ar].[Ar].[BH4-].[H+]. The Labute approximate surface area is 897 Å². The number of terminal acetylenes is 2. The number of nitrogens with one attached hydrogen (secondary N) is 1. The number of hydrogen-bond donors (Lipinski definition) is 1. The Morgan fingerprint density at radius 3 is 1.29 bits per heavy atom. The number of nitrogens with zero attached hydrogens (tertiary/aromatic N) is 5. The second kappa shape index (κ2) is 72.3. The van der Waals surface area contributed by atoms with Crippen molar-refractivity contribution in [1.82, 2.24) is 24.9 Å². The van der Waals surface area contributed by atoms with Crippen LogP contribution >= 0.6 is 114 Å².